The molecule has 0 atom stereocenters. The van der Waals surface area contributed by atoms with Crippen molar-refractivity contribution in [3.05, 3.63) is 71.7 Å². The Kier molecular flexibility index (Phi) is 3.20. The van der Waals surface area contributed by atoms with E-state index in [1.54, 1.807) is 25.1 Å². The van der Waals surface area contributed by atoms with Crippen LogP contribution in [0.15, 0.2) is 63.5 Å². The van der Waals surface area contributed by atoms with Crippen LogP contribution in [0.3, 0.4) is 0 Å². The fourth-order valence-corrected chi connectivity index (χ4v) is 2.72. The standard InChI is InChI=1S/C19H13NO4/c1-11-16(17(20-24-11)12-6-3-2-4-7-12)18(22)15-10-13-8-5-9-14(21)19(13)23-15/h2-10,21H,1H3. The number of para-hydroxylation sites is 1. The summed E-state index contributed by atoms with van der Waals surface area (Å²) in [6.45, 7) is 1.69. The lowest BCUT2D eigenvalue weighted by molar-refractivity contribution is 0.101. The van der Waals surface area contributed by atoms with E-state index in [-0.39, 0.29) is 22.9 Å². The van der Waals surface area contributed by atoms with Gasteiger partial charge in [0.2, 0.25) is 5.78 Å². The van der Waals surface area contributed by atoms with E-state index in [2.05, 4.69) is 5.16 Å². The van der Waals surface area contributed by atoms with Crippen molar-refractivity contribution in [2.75, 3.05) is 0 Å². The number of benzene rings is 2. The largest absolute Gasteiger partial charge is 0.504 e. The van der Waals surface area contributed by atoms with Crippen LogP contribution in [0.5, 0.6) is 5.75 Å². The second kappa shape index (κ2) is 5.38. The number of aromatic hydroxyl groups is 1. The first-order valence-electron chi connectivity index (χ1n) is 7.43. The van der Waals surface area contributed by atoms with Crippen molar-refractivity contribution in [2.24, 2.45) is 0 Å². The number of furan rings is 1. The van der Waals surface area contributed by atoms with E-state index < -0.39 is 0 Å². The van der Waals surface area contributed by atoms with E-state index in [0.717, 1.165) is 5.56 Å². The number of aromatic nitrogens is 1. The average molecular weight is 319 g/mol. The molecule has 118 valence electrons. The summed E-state index contributed by atoms with van der Waals surface area (Å²) >= 11 is 0. The summed E-state index contributed by atoms with van der Waals surface area (Å²) in [6, 6.07) is 15.9. The molecule has 0 spiro atoms. The molecule has 24 heavy (non-hydrogen) atoms. The number of ketones is 1. The molecule has 4 aromatic rings. The summed E-state index contributed by atoms with van der Waals surface area (Å²) in [5.74, 6) is 0.221. The predicted octanol–water partition coefficient (Wildman–Crippen LogP) is 4.33. The van der Waals surface area contributed by atoms with Crippen LogP contribution < -0.4 is 0 Å². The van der Waals surface area contributed by atoms with Gasteiger partial charge >= 0.3 is 0 Å². The molecule has 0 aliphatic carbocycles. The van der Waals surface area contributed by atoms with Gasteiger partial charge in [-0.05, 0) is 19.1 Å². The molecule has 5 heteroatoms. The molecule has 0 saturated heterocycles. The highest BCUT2D eigenvalue weighted by atomic mass is 16.5. The third-order valence-electron chi connectivity index (χ3n) is 3.88. The fourth-order valence-electron chi connectivity index (χ4n) is 2.72. The van der Waals surface area contributed by atoms with Crippen molar-refractivity contribution in [3.8, 4) is 17.0 Å². The summed E-state index contributed by atoms with van der Waals surface area (Å²) in [5.41, 5.74) is 1.91. The minimum absolute atomic E-state index is 0.00289. The number of aryl methyl sites for hydroxylation is 1. The summed E-state index contributed by atoms with van der Waals surface area (Å²) in [6.07, 6.45) is 0. The van der Waals surface area contributed by atoms with Crippen LogP contribution in [0.4, 0.5) is 0 Å². The van der Waals surface area contributed by atoms with Gasteiger partial charge in [-0.2, -0.15) is 0 Å². The summed E-state index contributed by atoms with van der Waals surface area (Å²) in [7, 11) is 0. The zero-order valence-electron chi connectivity index (χ0n) is 12.8. The molecule has 0 fully saturated rings. The molecule has 0 saturated carbocycles. The van der Waals surface area contributed by atoms with Gasteiger partial charge < -0.3 is 14.0 Å². The number of rotatable bonds is 3. The molecular weight excluding hydrogens is 306 g/mol. The summed E-state index contributed by atoms with van der Waals surface area (Å²) in [5, 5.41) is 14.5. The van der Waals surface area contributed by atoms with Crippen LogP contribution in [0.2, 0.25) is 0 Å². The summed E-state index contributed by atoms with van der Waals surface area (Å²) in [4.78, 5) is 12.9. The van der Waals surface area contributed by atoms with Crippen LogP contribution >= 0.6 is 0 Å². The average Bonchev–Trinajstić information content (AvgIpc) is 3.20. The van der Waals surface area contributed by atoms with Crippen molar-refractivity contribution in [2.45, 2.75) is 6.92 Å². The second-order valence-electron chi connectivity index (χ2n) is 5.46. The Morgan fingerprint density at radius 2 is 1.88 bits per heavy atom. The Balaban J connectivity index is 1.85. The van der Waals surface area contributed by atoms with E-state index in [0.29, 0.717) is 22.4 Å². The lowest BCUT2D eigenvalue weighted by atomic mass is 10.0. The molecule has 2 aromatic heterocycles. The van der Waals surface area contributed by atoms with Gasteiger partial charge in [0.15, 0.2) is 17.1 Å². The van der Waals surface area contributed by atoms with E-state index in [1.165, 1.54) is 6.07 Å². The maximum absolute atomic E-state index is 12.9. The van der Waals surface area contributed by atoms with Gasteiger partial charge in [-0.15, -0.1) is 0 Å². The third kappa shape index (κ3) is 2.18. The molecule has 2 heterocycles. The molecule has 4 rings (SSSR count). The lowest BCUT2D eigenvalue weighted by Crippen LogP contribution is -2.02. The summed E-state index contributed by atoms with van der Waals surface area (Å²) < 4.78 is 10.8. The van der Waals surface area contributed by atoms with Crippen molar-refractivity contribution in [1.29, 1.82) is 0 Å². The Hall–Kier alpha value is -3.34. The molecular formula is C19H13NO4. The smallest absolute Gasteiger partial charge is 0.234 e. The molecule has 2 aromatic carbocycles. The SMILES string of the molecule is Cc1onc(-c2ccccc2)c1C(=O)c1cc2cccc(O)c2o1. The second-order valence-corrected chi connectivity index (χ2v) is 5.46. The van der Waals surface area contributed by atoms with Crippen molar-refractivity contribution in [1.82, 2.24) is 5.16 Å². The van der Waals surface area contributed by atoms with Crippen LogP contribution in [0.25, 0.3) is 22.2 Å². The topological polar surface area (TPSA) is 76.5 Å². The van der Waals surface area contributed by atoms with E-state index >= 15 is 0 Å². The van der Waals surface area contributed by atoms with Gasteiger partial charge in [0, 0.05) is 10.9 Å². The van der Waals surface area contributed by atoms with Gasteiger partial charge in [-0.3, -0.25) is 4.79 Å². The van der Waals surface area contributed by atoms with Crippen LogP contribution in [-0.2, 0) is 0 Å². The van der Waals surface area contributed by atoms with E-state index in [9.17, 15) is 9.90 Å². The number of nitrogens with zero attached hydrogens (tertiary/aromatic N) is 1. The monoisotopic (exact) mass is 319 g/mol. The first kappa shape index (κ1) is 14.3. The third-order valence-corrected chi connectivity index (χ3v) is 3.88. The molecule has 0 aliphatic heterocycles. The molecule has 0 aliphatic rings. The Morgan fingerprint density at radius 3 is 2.62 bits per heavy atom. The Morgan fingerprint density at radius 1 is 1.08 bits per heavy atom. The van der Waals surface area contributed by atoms with Crippen LogP contribution in [-0.4, -0.2) is 16.0 Å². The van der Waals surface area contributed by atoms with Crippen molar-refractivity contribution >= 4 is 16.8 Å². The lowest BCUT2D eigenvalue weighted by Gasteiger charge is -2.00. The number of phenols is 1. The van der Waals surface area contributed by atoms with Gasteiger partial charge in [0.25, 0.3) is 0 Å². The van der Waals surface area contributed by atoms with Crippen LogP contribution in [0.1, 0.15) is 21.9 Å². The highest BCUT2D eigenvalue weighted by Gasteiger charge is 2.25. The molecule has 0 radical (unpaired) electrons. The Bertz CT molecular complexity index is 1040. The first-order chi connectivity index (χ1) is 11.6. The highest BCUT2D eigenvalue weighted by Crippen LogP contribution is 2.32. The van der Waals surface area contributed by atoms with E-state index in [4.69, 9.17) is 8.94 Å². The van der Waals surface area contributed by atoms with Gasteiger partial charge in [0.05, 0.1) is 5.56 Å². The zero-order chi connectivity index (χ0) is 16.7. The van der Waals surface area contributed by atoms with Gasteiger partial charge in [-0.25, -0.2) is 0 Å². The van der Waals surface area contributed by atoms with Crippen LogP contribution in [0, 0.1) is 6.92 Å². The number of hydrogen-bond donors (Lipinski definition) is 1. The number of phenolic OH excluding ortho intramolecular Hbond substituents is 1. The van der Waals surface area contributed by atoms with Gasteiger partial charge in [0.1, 0.15) is 11.5 Å². The molecule has 0 unspecified atom stereocenters. The van der Waals surface area contributed by atoms with Crippen molar-refractivity contribution < 1.29 is 18.8 Å². The highest BCUT2D eigenvalue weighted by molar-refractivity contribution is 6.13. The zero-order valence-corrected chi connectivity index (χ0v) is 12.8. The van der Waals surface area contributed by atoms with E-state index in [1.807, 2.05) is 30.3 Å². The predicted molar refractivity (Wildman–Crippen MR) is 88.0 cm³/mol. The fraction of sp³-hybridized carbons (Fsp3) is 0.0526. The maximum atomic E-state index is 12.9. The molecule has 0 amide bonds. The Labute approximate surface area is 137 Å². The quantitative estimate of drug-likeness (QED) is 0.569. The first-order valence-corrected chi connectivity index (χ1v) is 7.43. The minimum atomic E-state index is -0.330. The normalized spacial score (nSPS) is 11.0. The number of carbonyl (C=O) groups is 1. The minimum Gasteiger partial charge on any atom is -0.504 e. The maximum Gasteiger partial charge on any atom is 0.234 e. The number of hydrogen-bond acceptors (Lipinski definition) is 5. The van der Waals surface area contributed by atoms with Gasteiger partial charge in [-0.1, -0.05) is 47.6 Å². The van der Waals surface area contributed by atoms with Crippen molar-refractivity contribution in [3.63, 3.8) is 0 Å². The molecule has 1 N–H and O–H groups in total. The number of carbonyl (C=O) groups excluding carboxylic acids is 1. The molecule has 5 nitrogen and oxygen atoms in total. The number of fused-ring (bicyclic) bond motifs is 1. The molecule has 0 bridgehead atoms.